The molecule has 1 heterocycles. The Morgan fingerprint density at radius 1 is 1.39 bits per heavy atom. The van der Waals surface area contributed by atoms with E-state index in [2.05, 4.69) is 10.6 Å². The van der Waals surface area contributed by atoms with E-state index in [1.807, 2.05) is 0 Å². The van der Waals surface area contributed by atoms with Crippen molar-refractivity contribution in [2.45, 2.75) is 32.2 Å². The number of aryl methyl sites for hydroxylation is 1. The molecule has 1 aliphatic heterocycles. The van der Waals surface area contributed by atoms with Crippen molar-refractivity contribution in [1.82, 2.24) is 10.6 Å². The Labute approximate surface area is 107 Å². The number of aromatic hydroxyl groups is 1. The van der Waals surface area contributed by atoms with E-state index >= 15 is 0 Å². The highest BCUT2D eigenvalue weighted by Gasteiger charge is 2.18. The third-order valence-corrected chi connectivity index (χ3v) is 3.39. The van der Waals surface area contributed by atoms with Crippen LogP contribution in [0.4, 0.5) is 0 Å². The summed E-state index contributed by atoms with van der Waals surface area (Å²) < 4.78 is 0. The first kappa shape index (κ1) is 12.9. The van der Waals surface area contributed by atoms with E-state index in [0.717, 1.165) is 37.9 Å². The first-order chi connectivity index (χ1) is 8.68. The van der Waals surface area contributed by atoms with Crippen LogP contribution in [-0.4, -0.2) is 30.1 Å². The molecule has 0 saturated carbocycles. The van der Waals surface area contributed by atoms with Crippen LogP contribution in [0.15, 0.2) is 18.2 Å². The maximum Gasteiger partial charge on any atom is 0.255 e. The monoisotopic (exact) mass is 248 g/mol. The molecule has 0 bridgehead atoms. The van der Waals surface area contributed by atoms with Gasteiger partial charge in [0.2, 0.25) is 0 Å². The lowest BCUT2D eigenvalue weighted by atomic mass is 10.1. The molecule has 1 unspecified atom stereocenters. The Balaban J connectivity index is 2.04. The lowest BCUT2D eigenvalue weighted by molar-refractivity contribution is 0.0931. The number of hydrogen-bond acceptors (Lipinski definition) is 3. The highest BCUT2D eigenvalue weighted by atomic mass is 16.3. The maximum absolute atomic E-state index is 12.1. The summed E-state index contributed by atoms with van der Waals surface area (Å²) in [5.74, 6) is -0.0927. The average Bonchev–Trinajstić information content (AvgIpc) is 2.61. The molecular weight excluding hydrogens is 228 g/mol. The first-order valence-electron chi connectivity index (χ1n) is 6.48. The molecule has 1 atom stereocenters. The van der Waals surface area contributed by atoms with E-state index in [9.17, 15) is 9.90 Å². The molecule has 2 rings (SSSR count). The van der Waals surface area contributed by atoms with Crippen molar-refractivity contribution in [3.63, 3.8) is 0 Å². The summed E-state index contributed by atoms with van der Waals surface area (Å²) in [6.45, 7) is 3.74. The third-order valence-electron chi connectivity index (χ3n) is 3.39. The summed E-state index contributed by atoms with van der Waals surface area (Å²) in [5.41, 5.74) is 1.09. The van der Waals surface area contributed by atoms with E-state index in [0.29, 0.717) is 5.56 Å². The quantitative estimate of drug-likeness (QED) is 0.744. The molecular formula is C14H20N2O2. The smallest absolute Gasteiger partial charge is 0.255 e. The molecule has 0 aliphatic carbocycles. The normalized spacial score (nSPS) is 20.2. The van der Waals surface area contributed by atoms with E-state index in [4.69, 9.17) is 0 Å². The van der Waals surface area contributed by atoms with Crippen molar-refractivity contribution < 1.29 is 9.90 Å². The van der Waals surface area contributed by atoms with Crippen molar-refractivity contribution in [2.75, 3.05) is 13.1 Å². The largest absolute Gasteiger partial charge is 0.507 e. The van der Waals surface area contributed by atoms with Crippen LogP contribution in [0.3, 0.4) is 0 Å². The van der Waals surface area contributed by atoms with Gasteiger partial charge in [0.1, 0.15) is 5.75 Å². The second-order valence-electron chi connectivity index (χ2n) is 4.82. The molecule has 18 heavy (non-hydrogen) atoms. The molecule has 1 aromatic rings. The summed E-state index contributed by atoms with van der Waals surface area (Å²) in [7, 11) is 0. The highest BCUT2D eigenvalue weighted by Crippen LogP contribution is 2.21. The van der Waals surface area contributed by atoms with Crippen LogP contribution < -0.4 is 10.6 Å². The number of nitrogens with one attached hydrogen (secondary N) is 2. The SMILES string of the molecule is Cc1cccc(C(=O)NC2CCCNCC2)c1O. The van der Waals surface area contributed by atoms with Gasteiger partial charge in [-0.25, -0.2) is 0 Å². The molecule has 4 heteroatoms. The fourth-order valence-corrected chi connectivity index (χ4v) is 2.27. The molecule has 1 fully saturated rings. The van der Waals surface area contributed by atoms with E-state index in [1.54, 1.807) is 25.1 Å². The van der Waals surface area contributed by atoms with Gasteiger partial charge < -0.3 is 15.7 Å². The fourth-order valence-electron chi connectivity index (χ4n) is 2.27. The standard InChI is InChI=1S/C14H20N2O2/c1-10-4-2-6-12(13(10)17)14(18)16-11-5-3-8-15-9-7-11/h2,4,6,11,15,17H,3,5,7-9H2,1H3,(H,16,18). The van der Waals surface area contributed by atoms with E-state index in [1.165, 1.54) is 0 Å². The van der Waals surface area contributed by atoms with Crippen LogP contribution in [0, 0.1) is 6.92 Å². The third kappa shape index (κ3) is 3.01. The molecule has 1 amide bonds. The number of phenolic OH excluding ortho intramolecular Hbond substituents is 1. The number of benzene rings is 1. The predicted octanol–water partition coefficient (Wildman–Crippen LogP) is 1.57. The number of amides is 1. The van der Waals surface area contributed by atoms with Crippen LogP contribution in [0.5, 0.6) is 5.75 Å². The Morgan fingerprint density at radius 2 is 2.22 bits per heavy atom. The molecule has 0 radical (unpaired) electrons. The number of carbonyl (C=O) groups excluding carboxylic acids is 1. The van der Waals surface area contributed by atoms with E-state index < -0.39 is 0 Å². The second-order valence-corrected chi connectivity index (χ2v) is 4.82. The summed E-state index contributed by atoms with van der Waals surface area (Å²) in [4.78, 5) is 12.1. The average molecular weight is 248 g/mol. The van der Waals surface area contributed by atoms with Crippen molar-refractivity contribution in [2.24, 2.45) is 0 Å². The zero-order valence-electron chi connectivity index (χ0n) is 10.7. The Bertz CT molecular complexity index is 424. The maximum atomic E-state index is 12.1. The molecule has 0 aromatic heterocycles. The number of hydrogen-bond donors (Lipinski definition) is 3. The number of carbonyl (C=O) groups is 1. The van der Waals surface area contributed by atoms with Crippen LogP contribution in [0.2, 0.25) is 0 Å². The zero-order valence-corrected chi connectivity index (χ0v) is 10.7. The molecule has 4 nitrogen and oxygen atoms in total. The second kappa shape index (κ2) is 5.87. The minimum atomic E-state index is -0.178. The van der Waals surface area contributed by atoms with Crippen LogP contribution in [0.25, 0.3) is 0 Å². The minimum Gasteiger partial charge on any atom is -0.507 e. The van der Waals surface area contributed by atoms with Crippen LogP contribution in [0.1, 0.15) is 35.2 Å². The van der Waals surface area contributed by atoms with Crippen molar-refractivity contribution in [1.29, 1.82) is 0 Å². The topological polar surface area (TPSA) is 61.4 Å². The van der Waals surface area contributed by atoms with Gasteiger partial charge in [-0.2, -0.15) is 0 Å². The molecule has 0 spiro atoms. The molecule has 3 N–H and O–H groups in total. The molecule has 1 saturated heterocycles. The number of phenols is 1. The van der Waals surface area contributed by atoms with Gasteiger partial charge in [-0.1, -0.05) is 12.1 Å². The first-order valence-corrected chi connectivity index (χ1v) is 6.48. The van der Waals surface area contributed by atoms with Gasteiger partial charge in [0.15, 0.2) is 0 Å². The van der Waals surface area contributed by atoms with Gasteiger partial charge in [0.25, 0.3) is 5.91 Å². The lowest BCUT2D eigenvalue weighted by Crippen LogP contribution is -2.35. The summed E-state index contributed by atoms with van der Waals surface area (Å²) >= 11 is 0. The molecule has 1 aromatic carbocycles. The van der Waals surface area contributed by atoms with Crippen LogP contribution in [-0.2, 0) is 0 Å². The molecule has 98 valence electrons. The number of rotatable bonds is 2. The number of para-hydroxylation sites is 1. The van der Waals surface area contributed by atoms with Crippen molar-refractivity contribution >= 4 is 5.91 Å². The minimum absolute atomic E-state index is 0.0850. The Hall–Kier alpha value is -1.55. The van der Waals surface area contributed by atoms with Crippen LogP contribution >= 0.6 is 0 Å². The van der Waals surface area contributed by atoms with Gasteiger partial charge >= 0.3 is 0 Å². The highest BCUT2D eigenvalue weighted by molar-refractivity contribution is 5.97. The van der Waals surface area contributed by atoms with Crippen molar-refractivity contribution in [3.8, 4) is 5.75 Å². The van der Waals surface area contributed by atoms with Crippen molar-refractivity contribution in [3.05, 3.63) is 29.3 Å². The Morgan fingerprint density at radius 3 is 3.06 bits per heavy atom. The lowest BCUT2D eigenvalue weighted by Gasteiger charge is -2.16. The van der Waals surface area contributed by atoms with Gasteiger partial charge in [-0.3, -0.25) is 4.79 Å². The fraction of sp³-hybridized carbons (Fsp3) is 0.500. The summed E-state index contributed by atoms with van der Waals surface area (Å²) in [6, 6.07) is 5.44. The zero-order chi connectivity index (χ0) is 13.0. The molecule has 1 aliphatic rings. The van der Waals surface area contributed by atoms with Gasteiger partial charge in [0, 0.05) is 6.04 Å². The van der Waals surface area contributed by atoms with E-state index in [-0.39, 0.29) is 17.7 Å². The summed E-state index contributed by atoms with van der Waals surface area (Å²) in [6.07, 6.45) is 3.01. The summed E-state index contributed by atoms with van der Waals surface area (Å²) in [5, 5.41) is 16.2. The van der Waals surface area contributed by atoms with Gasteiger partial charge in [-0.05, 0) is 50.9 Å². The van der Waals surface area contributed by atoms with Gasteiger partial charge in [0.05, 0.1) is 5.56 Å². The van der Waals surface area contributed by atoms with Gasteiger partial charge in [-0.15, -0.1) is 0 Å². The Kier molecular flexibility index (Phi) is 4.20. The predicted molar refractivity (Wildman–Crippen MR) is 70.8 cm³/mol.